The van der Waals surface area contributed by atoms with E-state index in [4.69, 9.17) is 4.74 Å². The lowest BCUT2D eigenvalue weighted by Gasteiger charge is -2.45. The van der Waals surface area contributed by atoms with E-state index in [1.54, 1.807) is 7.11 Å². The first kappa shape index (κ1) is 14.3. The maximum absolute atomic E-state index is 5.22. The molecule has 2 fully saturated rings. The molecule has 106 valence electrons. The summed E-state index contributed by atoms with van der Waals surface area (Å²) in [7, 11) is 3.95. The van der Waals surface area contributed by atoms with Crippen molar-refractivity contribution in [1.82, 2.24) is 10.2 Å². The lowest BCUT2D eigenvalue weighted by Crippen LogP contribution is -2.58. The Kier molecular flexibility index (Phi) is 5.46. The van der Waals surface area contributed by atoms with Crippen molar-refractivity contribution >= 4 is 0 Å². The fourth-order valence-corrected chi connectivity index (χ4v) is 4.15. The van der Waals surface area contributed by atoms with E-state index in [0.29, 0.717) is 11.6 Å². The van der Waals surface area contributed by atoms with E-state index < -0.39 is 0 Å². The molecule has 3 heteroatoms. The topological polar surface area (TPSA) is 24.5 Å². The van der Waals surface area contributed by atoms with Crippen LogP contribution in [-0.4, -0.2) is 50.3 Å². The Hall–Kier alpha value is -0.120. The van der Waals surface area contributed by atoms with E-state index in [-0.39, 0.29) is 0 Å². The molecule has 1 saturated heterocycles. The summed E-state index contributed by atoms with van der Waals surface area (Å²) in [4.78, 5) is 2.80. The Labute approximate surface area is 112 Å². The highest BCUT2D eigenvalue weighted by atomic mass is 16.5. The van der Waals surface area contributed by atoms with Crippen LogP contribution in [0.3, 0.4) is 0 Å². The molecule has 1 unspecified atom stereocenters. The molecule has 0 radical (unpaired) electrons. The van der Waals surface area contributed by atoms with Gasteiger partial charge in [-0.3, -0.25) is 4.90 Å². The Bertz CT molecular complexity index is 233. The Morgan fingerprint density at radius 1 is 1.17 bits per heavy atom. The van der Waals surface area contributed by atoms with Crippen molar-refractivity contribution in [2.45, 2.75) is 62.9 Å². The summed E-state index contributed by atoms with van der Waals surface area (Å²) < 4.78 is 5.22. The number of rotatable bonds is 7. The molecule has 1 aliphatic carbocycles. The molecule has 0 aromatic heterocycles. The van der Waals surface area contributed by atoms with Crippen molar-refractivity contribution in [3.8, 4) is 0 Å². The number of likely N-dealkylation sites (N-methyl/N-ethyl adjacent to an activating group) is 1. The molecule has 1 aliphatic heterocycles. The van der Waals surface area contributed by atoms with Crippen LogP contribution in [0, 0.1) is 0 Å². The minimum atomic E-state index is 0.457. The van der Waals surface area contributed by atoms with Crippen LogP contribution in [0.2, 0.25) is 0 Å². The molecule has 1 atom stereocenters. The van der Waals surface area contributed by atoms with Gasteiger partial charge in [-0.1, -0.05) is 12.8 Å². The molecule has 0 aromatic rings. The monoisotopic (exact) mass is 254 g/mol. The molecular weight excluding hydrogens is 224 g/mol. The van der Waals surface area contributed by atoms with E-state index in [0.717, 1.165) is 6.61 Å². The number of methoxy groups -OCH3 is 1. The molecule has 0 aromatic carbocycles. The Morgan fingerprint density at radius 2 is 1.83 bits per heavy atom. The zero-order valence-electron chi connectivity index (χ0n) is 12.2. The normalized spacial score (nSPS) is 25.7. The van der Waals surface area contributed by atoms with Crippen LogP contribution >= 0.6 is 0 Å². The zero-order valence-corrected chi connectivity index (χ0v) is 12.2. The van der Waals surface area contributed by atoms with Gasteiger partial charge in [-0.25, -0.2) is 0 Å². The van der Waals surface area contributed by atoms with Crippen LogP contribution in [0.4, 0.5) is 0 Å². The van der Waals surface area contributed by atoms with Gasteiger partial charge >= 0.3 is 0 Å². The van der Waals surface area contributed by atoms with Crippen molar-refractivity contribution in [1.29, 1.82) is 0 Å². The average molecular weight is 254 g/mol. The number of ether oxygens (including phenoxy) is 1. The molecule has 0 amide bonds. The second kappa shape index (κ2) is 6.88. The SMILES string of the molecule is CNC(CCCOC)C1(N2CCCC2)CCCC1. The third-order valence-corrected chi connectivity index (χ3v) is 5.04. The molecule has 18 heavy (non-hydrogen) atoms. The maximum atomic E-state index is 5.22. The van der Waals surface area contributed by atoms with Gasteiger partial charge in [0.15, 0.2) is 0 Å². The molecule has 0 spiro atoms. The largest absolute Gasteiger partial charge is 0.385 e. The molecular formula is C15H30N2O. The van der Waals surface area contributed by atoms with Crippen molar-refractivity contribution in [3.05, 3.63) is 0 Å². The van der Waals surface area contributed by atoms with Crippen molar-refractivity contribution in [3.63, 3.8) is 0 Å². The fourth-order valence-electron chi connectivity index (χ4n) is 4.15. The summed E-state index contributed by atoms with van der Waals surface area (Å²) in [5, 5.41) is 3.62. The van der Waals surface area contributed by atoms with Crippen molar-refractivity contribution in [2.24, 2.45) is 0 Å². The molecule has 1 saturated carbocycles. The van der Waals surface area contributed by atoms with Gasteiger partial charge in [0.2, 0.25) is 0 Å². The van der Waals surface area contributed by atoms with E-state index in [2.05, 4.69) is 17.3 Å². The van der Waals surface area contributed by atoms with E-state index in [9.17, 15) is 0 Å². The van der Waals surface area contributed by atoms with Gasteiger partial charge in [0.1, 0.15) is 0 Å². The number of hydrogen-bond acceptors (Lipinski definition) is 3. The summed E-state index contributed by atoms with van der Waals surface area (Å²) in [6.45, 7) is 3.54. The first-order valence-corrected chi connectivity index (χ1v) is 7.75. The first-order valence-electron chi connectivity index (χ1n) is 7.75. The van der Waals surface area contributed by atoms with Crippen LogP contribution in [0.25, 0.3) is 0 Å². The standard InChI is InChI=1S/C15H30N2O/c1-16-14(8-7-13-18-2)15(9-3-4-10-15)17-11-5-6-12-17/h14,16H,3-13H2,1-2H3. The van der Waals surface area contributed by atoms with Gasteiger partial charge in [0.05, 0.1) is 0 Å². The molecule has 3 nitrogen and oxygen atoms in total. The highest BCUT2D eigenvalue weighted by Gasteiger charge is 2.45. The lowest BCUT2D eigenvalue weighted by atomic mass is 9.83. The van der Waals surface area contributed by atoms with Crippen molar-refractivity contribution < 1.29 is 4.74 Å². The molecule has 0 bridgehead atoms. The molecule has 1 heterocycles. The number of hydrogen-bond donors (Lipinski definition) is 1. The second-order valence-electron chi connectivity index (χ2n) is 5.98. The predicted molar refractivity (Wildman–Crippen MR) is 76.0 cm³/mol. The summed E-state index contributed by atoms with van der Waals surface area (Å²) in [5.74, 6) is 0. The first-order chi connectivity index (χ1) is 8.83. The summed E-state index contributed by atoms with van der Waals surface area (Å²) in [6.07, 6.45) is 10.8. The number of nitrogens with zero attached hydrogens (tertiary/aromatic N) is 1. The zero-order chi connectivity index (χ0) is 12.8. The van der Waals surface area contributed by atoms with Crippen LogP contribution < -0.4 is 5.32 Å². The molecule has 1 N–H and O–H groups in total. The van der Waals surface area contributed by atoms with E-state index in [1.165, 1.54) is 64.5 Å². The second-order valence-corrected chi connectivity index (χ2v) is 5.98. The Balaban J connectivity index is 2.01. The molecule has 2 rings (SSSR count). The van der Waals surface area contributed by atoms with Gasteiger partial charge in [-0.15, -0.1) is 0 Å². The highest BCUT2D eigenvalue weighted by molar-refractivity contribution is 5.04. The Morgan fingerprint density at radius 3 is 2.39 bits per heavy atom. The fraction of sp³-hybridized carbons (Fsp3) is 1.00. The van der Waals surface area contributed by atoms with Gasteiger partial charge in [-0.2, -0.15) is 0 Å². The average Bonchev–Trinajstić information content (AvgIpc) is 3.05. The van der Waals surface area contributed by atoms with Gasteiger partial charge in [0.25, 0.3) is 0 Å². The van der Waals surface area contributed by atoms with Crippen LogP contribution in [-0.2, 0) is 4.74 Å². The molecule has 2 aliphatic rings. The van der Waals surface area contributed by atoms with Gasteiger partial charge in [-0.05, 0) is 58.7 Å². The van der Waals surface area contributed by atoms with Crippen LogP contribution in [0.5, 0.6) is 0 Å². The summed E-state index contributed by atoms with van der Waals surface area (Å²) in [6, 6.07) is 0.647. The van der Waals surface area contributed by atoms with Gasteiger partial charge in [0, 0.05) is 25.3 Å². The maximum Gasteiger partial charge on any atom is 0.0462 e. The van der Waals surface area contributed by atoms with E-state index in [1.807, 2.05) is 0 Å². The highest BCUT2D eigenvalue weighted by Crippen LogP contribution is 2.41. The lowest BCUT2D eigenvalue weighted by molar-refractivity contribution is 0.0710. The van der Waals surface area contributed by atoms with Crippen LogP contribution in [0.15, 0.2) is 0 Å². The smallest absolute Gasteiger partial charge is 0.0462 e. The minimum absolute atomic E-state index is 0.457. The summed E-state index contributed by atoms with van der Waals surface area (Å²) >= 11 is 0. The third kappa shape index (κ3) is 2.89. The minimum Gasteiger partial charge on any atom is -0.385 e. The number of nitrogens with one attached hydrogen (secondary N) is 1. The van der Waals surface area contributed by atoms with E-state index >= 15 is 0 Å². The third-order valence-electron chi connectivity index (χ3n) is 5.04. The van der Waals surface area contributed by atoms with Crippen molar-refractivity contribution in [2.75, 3.05) is 33.9 Å². The number of likely N-dealkylation sites (tertiary alicyclic amines) is 1. The van der Waals surface area contributed by atoms with Gasteiger partial charge < -0.3 is 10.1 Å². The quantitative estimate of drug-likeness (QED) is 0.706. The summed E-state index contributed by atoms with van der Waals surface area (Å²) in [5.41, 5.74) is 0.457. The van der Waals surface area contributed by atoms with Crippen LogP contribution in [0.1, 0.15) is 51.4 Å². The predicted octanol–water partition coefficient (Wildman–Crippen LogP) is 2.41.